The third-order valence-electron chi connectivity index (χ3n) is 6.59. The minimum absolute atomic E-state index is 0.0422. The lowest BCUT2D eigenvalue weighted by Gasteiger charge is -2.40. The number of piperidine rings is 1. The summed E-state index contributed by atoms with van der Waals surface area (Å²) in [5.74, 6) is 0.800. The van der Waals surface area contributed by atoms with Crippen LogP contribution in [-0.2, 0) is 0 Å². The predicted molar refractivity (Wildman–Crippen MR) is 131 cm³/mol. The minimum Gasteiger partial charge on any atom is -0.482 e. The van der Waals surface area contributed by atoms with E-state index in [4.69, 9.17) is 4.74 Å². The van der Waals surface area contributed by atoms with Gasteiger partial charge in [-0.1, -0.05) is 12.1 Å². The summed E-state index contributed by atoms with van der Waals surface area (Å²) in [5.41, 5.74) is 3.92. The zero-order valence-electron chi connectivity index (χ0n) is 20.0. The van der Waals surface area contributed by atoms with Crippen LogP contribution >= 0.6 is 0 Å². The Bertz CT molecular complexity index is 1060. The molecule has 4 rings (SSSR count). The van der Waals surface area contributed by atoms with Crippen molar-refractivity contribution in [2.75, 3.05) is 40.3 Å². The average Bonchev–Trinajstić information content (AvgIpc) is 2.84. The minimum atomic E-state index is -0.365. The molecule has 0 bridgehead atoms. The Morgan fingerprint density at radius 3 is 2.18 bits per heavy atom. The molecule has 2 amide bonds. The van der Waals surface area contributed by atoms with Crippen molar-refractivity contribution in [3.8, 4) is 5.75 Å². The van der Waals surface area contributed by atoms with E-state index < -0.39 is 0 Å². The molecule has 0 saturated carbocycles. The quantitative estimate of drug-likeness (QED) is 0.757. The Kier molecular flexibility index (Phi) is 6.56. The fourth-order valence-electron chi connectivity index (χ4n) is 4.63. The Morgan fingerprint density at radius 1 is 0.939 bits per heavy atom. The molecule has 2 aliphatic heterocycles. The second kappa shape index (κ2) is 9.40. The third-order valence-corrected chi connectivity index (χ3v) is 6.59. The van der Waals surface area contributed by atoms with Crippen molar-refractivity contribution in [1.82, 2.24) is 15.1 Å². The van der Waals surface area contributed by atoms with Crippen molar-refractivity contribution >= 4 is 17.4 Å². The van der Waals surface area contributed by atoms with Gasteiger partial charge in [-0.15, -0.1) is 0 Å². The third kappa shape index (κ3) is 4.53. The highest BCUT2D eigenvalue weighted by Gasteiger charge is 2.37. The Hall–Kier alpha value is -3.12. The molecular formula is C27H33N3O3. The Labute approximate surface area is 196 Å². The normalized spacial score (nSPS) is 16.4. The number of hydrogen-bond donors (Lipinski definition) is 1. The second-order valence-corrected chi connectivity index (χ2v) is 8.94. The van der Waals surface area contributed by atoms with Gasteiger partial charge in [0.25, 0.3) is 11.8 Å². The van der Waals surface area contributed by atoms with Crippen LogP contribution in [0.1, 0.15) is 58.5 Å². The van der Waals surface area contributed by atoms with Crippen LogP contribution in [0.15, 0.2) is 48.5 Å². The molecule has 1 spiro atoms. The van der Waals surface area contributed by atoms with Gasteiger partial charge < -0.3 is 19.9 Å². The molecule has 0 aromatic heterocycles. The summed E-state index contributed by atoms with van der Waals surface area (Å²) in [6, 6.07) is 13.5. The van der Waals surface area contributed by atoms with E-state index >= 15 is 0 Å². The molecule has 2 heterocycles. The van der Waals surface area contributed by atoms with Gasteiger partial charge >= 0.3 is 0 Å². The molecule has 0 aliphatic carbocycles. The molecule has 6 heteroatoms. The number of rotatable bonds is 5. The van der Waals surface area contributed by atoms with Gasteiger partial charge in [-0.2, -0.15) is 0 Å². The Balaban J connectivity index is 1.76. The van der Waals surface area contributed by atoms with Crippen molar-refractivity contribution < 1.29 is 14.3 Å². The first-order valence-electron chi connectivity index (χ1n) is 11.8. The van der Waals surface area contributed by atoms with Crippen LogP contribution in [0.2, 0.25) is 0 Å². The van der Waals surface area contributed by atoms with Gasteiger partial charge in [-0.05, 0) is 74.5 Å². The highest BCUT2D eigenvalue weighted by Crippen LogP contribution is 2.43. The van der Waals surface area contributed by atoms with Crippen LogP contribution in [-0.4, -0.2) is 67.5 Å². The number of fused-ring (bicyclic) bond motifs is 1. The van der Waals surface area contributed by atoms with E-state index in [-0.39, 0.29) is 17.4 Å². The number of nitrogens with zero attached hydrogens (tertiary/aromatic N) is 2. The van der Waals surface area contributed by atoms with Gasteiger partial charge in [0, 0.05) is 56.7 Å². The second-order valence-electron chi connectivity index (χ2n) is 8.94. The van der Waals surface area contributed by atoms with E-state index in [1.165, 1.54) is 0 Å². The molecule has 0 unspecified atom stereocenters. The summed E-state index contributed by atoms with van der Waals surface area (Å²) in [5, 5.41) is 3.41. The van der Waals surface area contributed by atoms with E-state index in [0.717, 1.165) is 48.4 Å². The fraction of sp³-hybridized carbons (Fsp3) is 0.407. The molecule has 1 fully saturated rings. The summed E-state index contributed by atoms with van der Waals surface area (Å²) >= 11 is 0. The lowest BCUT2D eigenvalue weighted by Crippen LogP contribution is -2.46. The maximum atomic E-state index is 12.8. The van der Waals surface area contributed by atoms with Crippen LogP contribution < -0.4 is 10.1 Å². The van der Waals surface area contributed by atoms with Crippen LogP contribution in [0, 0.1) is 0 Å². The van der Waals surface area contributed by atoms with Gasteiger partial charge in [0.2, 0.25) is 0 Å². The molecule has 33 heavy (non-hydrogen) atoms. The molecule has 1 N–H and O–H groups in total. The molecule has 6 nitrogen and oxygen atoms in total. The molecule has 0 atom stereocenters. The Morgan fingerprint density at radius 2 is 1.58 bits per heavy atom. The summed E-state index contributed by atoms with van der Waals surface area (Å²) in [7, 11) is 3.51. The monoisotopic (exact) mass is 447 g/mol. The van der Waals surface area contributed by atoms with E-state index in [2.05, 4.69) is 11.4 Å². The number of carbonyl (C=O) groups is 2. The zero-order chi connectivity index (χ0) is 23.6. The van der Waals surface area contributed by atoms with Gasteiger partial charge in [-0.25, -0.2) is 0 Å². The SMILES string of the molecule is CCN(CC)C(=O)c1ccc(C2=CC3(CCNCC3)Oc3ccc(C(=O)N(C)C)cc32)cc1. The molecule has 0 radical (unpaired) electrons. The number of ether oxygens (including phenoxy) is 1. The number of nitrogens with one attached hydrogen (secondary N) is 1. The van der Waals surface area contributed by atoms with Crippen LogP contribution in [0.5, 0.6) is 5.75 Å². The number of carbonyl (C=O) groups excluding carboxylic acids is 2. The largest absolute Gasteiger partial charge is 0.482 e. The van der Waals surface area contributed by atoms with E-state index in [9.17, 15) is 9.59 Å². The van der Waals surface area contributed by atoms with E-state index in [1.54, 1.807) is 19.0 Å². The van der Waals surface area contributed by atoms with Gasteiger partial charge in [0.05, 0.1) is 0 Å². The van der Waals surface area contributed by atoms with Crippen molar-refractivity contribution in [2.45, 2.75) is 32.3 Å². The van der Waals surface area contributed by atoms with Crippen molar-refractivity contribution in [2.24, 2.45) is 0 Å². The summed E-state index contributed by atoms with van der Waals surface area (Å²) in [4.78, 5) is 28.8. The predicted octanol–water partition coefficient (Wildman–Crippen LogP) is 3.82. The fourth-order valence-corrected chi connectivity index (χ4v) is 4.63. The van der Waals surface area contributed by atoms with Gasteiger partial charge in [0.15, 0.2) is 0 Å². The van der Waals surface area contributed by atoms with Gasteiger partial charge in [-0.3, -0.25) is 9.59 Å². The van der Waals surface area contributed by atoms with Crippen LogP contribution in [0.3, 0.4) is 0 Å². The van der Waals surface area contributed by atoms with E-state index in [0.29, 0.717) is 24.2 Å². The maximum Gasteiger partial charge on any atom is 0.253 e. The summed E-state index contributed by atoms with van der Waals surface area (Å²) < 4.78 is 6.53. The van der Waals surface area contributed by atoms with Gasteiger partial charge in [0.1, 0.15) is 11.4 Å². The maximum absolute atomic E-state index is 12.8. The zero-order valence-corrected chi connectivity index (χ0v) is 20.0. The number of hydrogen-bond acceptors (Lipinski definition) is 4. The van der Waals surface area contributed by atoms with Crippen molar-refractivity contribution in [1.29, 1.82) is 0 Å². The highest BCUT2D eigenvalue weighted by atomic mass is 16.5. The molecular weight excluding hydrogens is 414 g/mol. The molecule has 2 aromatic rings. The lowest BCUT2D eigenvalue weighted by molar-refractivity contribution is 0.0771. The molecule has 2 aliphatic rings. The first kappa shape index (κ1) is 23.1. The topological polar surface area (TPSA) is 61.9 Å². The molecule has 1 saturated heterocycles. The lowest BCUT2D eigenvalue weighted by atomic mass is 9.83. The molecule has 2 aromatic carbocycles. The number of amides is 2. The average molecular weight is 448 g/mol. The first-order chi connectivity index (χ1) is 15.9. The highest BCUT2D eigenvalue weighted by molar-refractivity contribution is 5.97. The van der Waals surface area contributed by atoms with Crippen LogP contribution in [0.4, 0.5) is 0 Å². The van der Waals surface area contributed by atoms with Crippen molar-refractivity contribution in [3.63, 3.8) is 0 Å². The summed E-state index contributed by atoms with van der Waals surface area (Å²) in [6.07, 6.45) is 3.99. The first-order valence-corrected chi connectivity index (χ1v) is 11.8. The smallest absolute Gasteiger partial charge is 0.253 e. The number of benzene rings is 2. The standard InChI is InChI=1S/C27H33N3O3/c1-5-30(6-2)26(32)20-9-7-19(8-10-20)23-18-27(13-15-28-16-14-27)33-24-12-11-21(17-22(23)24)25(31)29(3)4/h7-12,17-18,28H,5-6,13-16H2,1-4H3. The van der Waals surface area contributed by atoms with E-state index in [1.807, 2.05) is 61.2 Å². The molecule has 174 valence electrons. The summed E-state index contributed by atoms with van der Waals surface area (Å²) in [6.45, 7) is 7.15. The van der Waals surface area contributed by atoms with Crippen molar-refractivity contribution in [3.05, 3.63) is 70.8 Å². The van der Waals surface area contributed by atoms with Crippen LogP contribution in [0.25, 0.3) is 5.57 Å².